The summed E-state index contributed by atoms with van der Waals surface area (Å²) in [6, 6.07) is 7.83. The molecular formula is C15H13NO3. The Morgan fingerprint density at radius 1 is 1.47 bits per heavy atom. The average molecular weight is 255 g/mol. The van der Waals surface area contributed by atoms with E-state index in [4.69, 9.17) is 5.11 Å². The van der Waals surface area contributed by atoms with Gasteiger partial charge >= 0.3 is 5.97 Å². The van der Waals surface area contributed by atoms with Crippen LogP contribution in [0.4, 0.5) is 0 Å². The summed E-state index contributed by atoms with van der Waals surface area (Å²) in [5, 5.41) is 9.65. The summed E-state index contributed by atoms with van der Waals surface area (Å²) in [6.07, 6.45) is 3.21. The largest absolute Gasteiger partial charge is 0.478 e. The molecule has 1 unspecified atom stereocenters. The Morgan fingerprint density at radius 3 is 3.00 bits per heavy atom. The van der Waals surface area contributed by atoms with Crippen LogP contribution in [0.1, 0.15) is 24.1 Å². The molecule has 0 bridgehead atoms. The summed E-state index contributed by atoms with van der Waals surface area (Å²) in [7, 11) is 0. The van der Waals surface area contributed by atoms with Gasteiger partial charge < -0.3 is 9.67 Å². The molecule has 0 saturated heterocycles. The van der Waals surface area contributed by atoms with Crippen LogP contribution in [0.15, 0.2) is 35.1 Å². The van der Waals surface area contributed by atoms with Gasteiger partial charge in [-0.15, -0.1) is 0 Å². The SMILES string of the molecule is CC1Cc2cccc3cc(/C=C/C(=O)O)c(=O)n1c23. The lowest BCUT2D eigenvalue weighted by molar-refractivity contribution is -0.131. The average Bonchev–Trinajstić information content (AvgIpc) is 2.70. The highest BCUT2D eigenvalue weighted by Gasteiger charge is 2.22. The first kappa shape index (κ1) is 11.7. The van der Waals surface area contributed by atoms with Crippen molar-refractivity contribution in [3.63, 3.8) is 0 Å². The molecule has 3 rings (SSSR count). The highest BCUT2D eigenvalue weighted by atomic mass is 16.4. The van der Waals surface area contributed by atoms with Crippen molar-refractivity contribution in [3.05, 3.63) is 51.8 Å². The van der Waals surface area contributed by atoms with Crippen molar-refractivity contribution >= 4 is 22.9 Å². The van der Waals surface area contributed by atoms with Crippen molar-refractivity contribution in [2.24, 2.45) is 0 Å². The van der Waals surface area contributed by atoms with Gasteiger partial charge in [0, 0.05) is 17.7 Å². The third-order valence-electron chi connectivity index (χ3n) is 3.53. The minimum absolute atomic E-state index is 0.116. The number of hydrogen-bond donors (Lipinski definition) is 1. The predicted octanol–water partition coefficient (Wildman–Crippen LogP) is 2.22. The number of carbonyl (C=O) groups is 1. The number of carboxylic acid groups (broad SMARTS) is 1. The van der Waals surface area contributed by atoms with Crippen LogP contribution < -0.4 is 5.56 Å². The Balaban J connectivity index is 2.33. The molecule has 96 valence electrons. The molecule has 1 aromatic heterocycles. The predicted molar refractivity (Wildman–Crippen MR) is 73.3 cm³/mol. The minimum atomic E-state index is -1.05. The van der Waals surface area contributed by atoms with E-state index in [-0.39, 0.29) is 11.6 Å². The molecular weight excluding hydrogens is 242 g/mol. The molecule has 1 aliphatic heterocycles. The van der Waals surface area contributed by atoms with Gasteiger partial charge in [0.1, 0.15) is 0 Å². The maximum absolute atomic E-state index is 12.4. The van der Waals surface area contributed by atoms with Crippen molar-refractivity contribution in [1.29, 1.82) is 0 Å². The van der Waals surface area contributed by atoms with Crippen molar-refractivity contribution in [3.8, 4) is 0 Å². The maximum atomic E-state index is 12.4. The number of para-hydroxylation sites is 1. The van der Waals surface area contributed by atoms with Crippen LogP contribution in [0.25, 0.3) is 17.0 Å². The second kappa shape index (κ2) is 4.09. The third kappa shape index (κ3) is 1.76. The molecule has 0 spiro atoms. The molecule has 0 fully saturated rings. The zero-order valence-electron chi connectivity index (χ0n) is 10.5. The van der Waals surface area contributed by atoms with Crippen molar-refractivity contribution in [1.82, 2.24) is 4.57 Å². The molecule has 1 N–H and O–H groups in total. The Labute approximate surface area is 109 Å². The van der Waals surface area contributed by atoms with Gasteiger partial charge in [-0.25, -0.2) is 4.79 Å². The number of aliphatic carboxylic acids is 1. The lowest BCUT2D eigenvalue weighted by Crippen LogP contribution is -2.22. The van der Waals surface area contributed by atoms with Gasteiger partial charge in [0.2, 0.25) is 0 Å². The summed E-state index contributed by atoms with van der Waals surface area (Å²) in [4.78, 5) is 23.0. The van der Waals surface area contributed by atoms with E-state index in [0.717, 1.165) is 23.4 Å². The number of pyridine rings is 1. The lowest BCUT2D eigenvalue weighted by atomic mass is 10.1. The number of carboxylic acids is 1. The number of aromatic nitrogens is 1. The molecule has 1 aliphatic rings. The molecule has 4 heteroatoms. The van der Waals surface area contributed by atoms with Gasteiger partial charge in [0.15, 0.2) is 0 Å². The van der Waals surface area contributed by atoms with E-state index in [1.54, 1.807) is 10.6 Å². The van der Waals surface area contributed by atoms with E-state index < -0.39 is 5.97 Å². The number of rotatable bonds is 2. The van der Waals surface area contributed by atoms with Crippen LogP contribution in [0.3, 0.4) is 0 Å². The fourth-order valence-corrected chi connectivity index (χ4v) is 2.77. The Hall–Kier alpha value is -2.36. The molecule has 2 aromatic rings. The van der Waals surface area contributed by atoms with Crippen LogP contribution in [-0.2, 0) is 11.2 Å². The number of hydrogen-bond acceptors (Lipinski definition) is 2. The second-order valence-electron chi connectivity index (χ2n) is 4.85. The van der Waals surface area contributed by atoms with Gasteiger partial charge in [-0.3, -0.25) is 4.79 Å². The monoisotopic (exact) mass is 255 g/mol. The van der Waals surface area contributed by atoms with E-state index in [1.165, 1.54) is 11.6 Å². The molecule has 1 aromatic carbocycles. The van der Waals surface area contributed by atoms with Gasteiger partial charge in [-0.05, 0) is 36.4 Å². The quantitative estimate of drug-likeness (QED) is 0.837. The first-order valence-corrected chi connectivity index (χ1v) is 6.16. The van der Waals surface area contributed by atoms with E-state index in [9.17, 15) is 9.59 Å². The normalized spacial score (nSPS) is 17.4. The molecule has 4 nitrogen and oxygen atoms in total. The van der Waals surface area contributed by atoms with E-state index >= 15 is 0 Å². The third-order valence-corrected chi connectivity index (χ3v) is 3.53. The first-order valence-electron chi connectivity index (χ1n) is 6.16. The van der Waals surface area contributed by atoms with Crippen LogP contribution in [0.2, 0.25) is 0 Å². The summed E-state index contributed by atoms with van der Waals surface area (Å²) < 4.78 is 1.77. The topological polar surface area (TPSA) is 59.3 Å². The Kier molecular flexibility index (Phi) is 2.52. The van der Waals surface area contributed by atoms with Crippen molar-refractivity contribution in [2.45, 2.75) is 19.4 Å². The van der Waals surface area contributed by atoms with Crippen LogP contribution >= 0.6 is 0 Å². The van der Waals surface area contributed by atoms with E-state index in [2.05, 4.69) is 0 Å². The zero-order chi connectivity index (χ0) is 13.6. The summed E-state index contributed by atoms with van der Waals surface area (Å²) in [5.41, 5.74) is 2.45. The molecule has 19 heavy (non-hydrogen) atoms. The number of nitrogens with zero attached hydrogens (tertiary/aromatic N) is 1. The smallest absolute Gasteiger partial charge is 0.328 e. The van der Waals surface area contributed by atoms with E-state index in [0.29, 0.717) is 5.56 Å². The first-order chi connectivity index (χ1) is 9.08. The number of benzene rings is 1. The van der Waals surface area contributed by atoms with Crippen LogP contribution in [0.5, 0.6) is 0 Å². The van der Waals surface area contributed by atoms with Crippen molar-refractivity contribution < 1.29 is 9.90 Å². The lowest BCUT2D eigenvalue weighted by Gasteiger charge is -2.10. The second-order valence-corrected chi connectivity index (χ2v) is 4.85. The Morgan fingerprint density at radius 2 is 2.26 bits per heavy atom. The molecule has 0 saturated carbocycles. The molecule has 0 aliphatic carbocycles. The van der Waals surface area contributed by atoms with Crippen LogP contribution in [-0.4, -0.2) is 15.6 Å². The van der Waals surface area contributed by atoms with E-state index in [1.807, 2.05) is 25.1 Å². The minimum Gasteiger partial charge on any atom is -0.478 e. The molecule has 2 heterocycles. The van der Waals surface area contributed by atoms with Crippen LogP contribution in [0, 0.1) is 0 Å². The molecule has 1 atom stereocenters. The maximum Gasteiger partial charge on any atom is 0.328 e. The summed E-state index contributed by atoms with van der Waals surface area (Å²) in [5.74, 6) is -1.05. The van der Waals surface area contributed by atoms with Gasteiger partial charge in [-0.2, -0.15) is 0 Å². The standard InChI is InChI=1S/C15H13NO3/c1-9-7-10-3-2-4-11-8-12(5-6-13(17)18)15(19)16(9)14(10)11/h2-6,8-9H,7H2,1H3,(H,17,18)/b6-5+. The summed E-state index contributed by atoms with van der Waals surface area (Å²) >= 11 is 0. The van der Waals surface area contributed by atoms with Gasteiger partial charge in [-0.1, -0.05) is 18.2 Å². The molecule has 0 amide bonds. The van der Waals surface area contributed by atoms with Gasteiger partial charge in [0.05, 0.1) is 5.52 Å². The highest BCUT2D eigenvalue weighted by Crippen LogP contribution is 2.30. The zero-order valence-corrected chi connectivity index (χ0v) is 10.5. The van der Waals surface area contributed by atoms with Crippen molar-refractivity contribution in [2.75, 3.05) is 0 Å². The summed E-state index contributed by atoms with van der Waals surface area (Å²) in [6.45, 7) is 2.01. The Bertz CT molecular complexity index is 771. The highest BCUT2D eigenvalue weighted by molar-refractivity contribution is 5.88. The fraction of sp³-hybridized carbons (Fsp3) is 0.200. The fourth-order valence-electron chi connectivity index (χ4n) is 2.77. The van der Waals surface area contributed by atoms with Gasteiger partial charge in [0.25, 0.3) is 5.56 Å². The molecule has 0 radical (unpaired) electrons.